The Labute approximate surface area is 153 Å². The number of carbonyl (C=O) groups excluding carboxylic acids is 2. The Morgan fingerprint density at radius 1 is 0.885 bits per heavy atom. The van der Waals surface area contributed by atoms with Gasteiger partial charge in [0.1, 0.15) is 0 Å². The Morgan fingerprint density at radius 2 is 1.46 bits per heavy atom. The second kappa shape index (κ2) is 8.89. The molecule has 0 spiro atoms. The smallest absolute Gasteiger partial charge is 0.255 e. The predicted octanol–water partition coefficient (Wildman–Crippen LogP) is 3.44. The van der Waals surface area contributed by atoms with E-state index in [1.165, 1.54) is 7.11 Å². The molecule has 0 saturated heterocycles. The first-order valence-corrected chi connectivity index (χ1v) is 8.46. The molecule has 0 radical (unpaired) electrons. The van der Waals surface area contributed by atoms with Crippen LogP contribution in [0, 0.1) is 0 Å². The third-order valence-corrected chi connectivity index (χ3v) is 4.09. The van der Waals surface area contributed by atoms with E-state index in [0.29, 0.717) is 41.4 Å². The highest BCUT2D eigenvalue weighted by Crippen LogP contribution is 2.29. The number of nitrogens with zero attached hydrogens (tertiary/aromatic N) is 1. The standard InChI is InChI=1S/C20H24N2O4/c1-5-22(6-2)20(24)15-9-7-14(8-10-15)19(23)21-16-11-12-17(25-3)18(13-16)26-4/h7-13H,5-6H2,1-4H3,(H,21,23). The van der Waals surface area contributed by atoms with Crippen molar-refractivity contribution in [1.82, 2.24) is 4.90 Å². The number of hydrogen-bond acceptors (Lipinski definition) is 4. The highest BCUT2D eigenvalue weighted by molar-refractivity contribution is 6.05. The van der Waals surface area contributed by atoms with Crippen LogP contribution in [-0.2, 0) is 0 Å². The van der Waals surface area contributed by atoms with Crippen molar-refractivity contribution in [3.05, 3.63) is 53.6 Å². The predicted molar refractivity (Wildman–Crippen MR) is 101 cm³/mol. The minimum Gasteiger partial charge on any atom is -0.493 e. The Balaban J connectivity index is 2.12. The van der Waals surface area contributed by atoms with E-state index in [1.807, 2.05) is 13.8 Å². The van der Waals surface area contributed by atoms with E-state index < -0.39 is 0 Å². The molecule has 0 heterocycles. The number of ether oxygens (including phenoxy) is 2. The first-order valence-electron chi connectivity index (χ1n) is 8.46. The molecule has 0 bridgehead atoms. The van der Waals surface area contributed by atoms with E-state index >= 15 is 0 Å². The van der Waals surface area contributed by atoms with Crippen LogP contribution in [0.1, 0.15) is 34.6 Å². The zero-order chi connectivity index (χ0) is 19.1. The monoisotopic (exact) mass is 356 g/mol. The zero-order valence-electron chi connectivity index (χ0n) is 15.5. The molecule has 2 amide bonds. The molecule has 1 N–H and O–H groups in total. The molecule has 0 aliphatic rings. The summed E-state index contributed by atoms with van der Waals surface area (Å²) in [5, 5.41) is 2.81. The summed E-state index contributed by atoms with van der Waals surface area (Å²) >= 11 is 0. The molecule has 26 heavy (non-hydrogen) atoms. The highest BCUT2D eigenvalue weighted by Gasteiger charge is 2.14. The molecule has 0 unspecified atom stereocenters. The number of rotatable bonds is 7. The Kier molecular flexibility index (Phi) is 6.60. The van der Waals surface area contributed by atoms with Crippen LogP contribution in [0.3, 0.4) is 0 Å². The zero-order valence-corrected chi connectivity index (χ0v) is 15.5. The van der Waals surface area contributed by atoms with E-state index in [2.05, 4.69) is 5.32 Å². The van der Waals surface area contributed by atoms with Crippen LogP contribution < -0.4 is 14.8 Å². The lowest BCUT2D eigenvalue weighted by molar-refractivity contribution is 0.0772. The summed E-state index contributed by atoms with van der Waals surface area (Å²) in [7, 11) is 3.09. The number of anilines is 1. The van der Waals surface area contributed by atoms with Gasteiger partial charge in [-0.15, -0.1) is 0 Å². The van der Waals surface area contributed by atoms with Crippen LogP contribution in [0.2, 0.25) is 0 Å². The van der Waals surface area contributed by atoms with Gasteiger partial charge in [0, 0.05) is 36.0 Å². The van der Waals surface area contributed by atoms with Gasteiger partial charge in [0.15, 0.2) is 11.5 Å². The minimum absolute atomic E-state index is 0.0400. The van der Waals surface area contributed by atoms with Gasteiger partial charge in [-0.25, -0.2) is 0 Å². The van der Waals surface area contributed by atoms with Gasteiger partial charge >= 0.3 is 0 Å². The van der Waals surface area contributed by atoms with Crippen molar-refractivity contribution in [2.45, 2.75) is 13.8 Å². The number of methoxy groups -OCH3 is 2. The van der Waals surface area contributed by atoms with Gasteiger partial charge in [-0.05, 0) is 50.2 Å². The second-order valence-corrected chi connectivity index (χ2v) is 5.58. The normalized spacial score (nSPS) is 10.2. The summed E-state index contributed by atoms with van der Waals surface area (Å²) in [5.41, 5.74) is 1.63. The number of carbonyl (C=O) groups is 2. The molecule has 0 saturated carbocycles. The van der Waals surface area contributed by atoms with Crippen LogP contribution in [0.25, 0.3) is 0 Å². The lowest BCUT2D eigenvalue weighted by Gasteiger charge is -2.18. The molecule has 0 aliphatic carbocycles. The van der Waals surface area contributed by atoms with Gasteiger partial charge in [0.2, 0.25) is 0 Å². The SMILES string of the molecule is CCN(CC)C(=O)c1ccc(C(=O)Nc2ccc(OC)c(OC)c2)cc1. The van der Waals surface area contributed by atoms with Crippen molar-refractivity contribution in [2.24, 2.45) is 0 Å². The first kappa shape index (κ1) is 19.3. The molecule has 138 valence electrons. The van der Waals surface area contributed by atoms with E-state index in [0.717, 1.165) is 0 Å². The van der Waals surface area contributed by atoms with Crippen LogP contribution in [-0.4, -0.2) is 44.0 Å². The van der Waals surface area contributed by atoms with E-state index in [-0.39, 0.29) is 11.8 Å². The number of hydrogen-bond donors (Lipinski definition) is 1. The van der Waals surface area contributed by atoms with Gasteiger partial charge < -0.3 is 19.7 Å². The van der Waals surface area contributed by atoms with E-state index in [4.69, 9.17) is 9.47 Å². The first-order chi connectivity index (χ1) is 12.5. The molecule has 0 atom stereocenters. The fraction of sp³-hybridized carbons (Fsp3) is 0.300. The molecule has 6 nitrogen and oxygen atoms in total. The number of amides is 2. The molecule has 0 aromatic heterocycles. The van der Waals surface area contributed by atoms with Crippen molar-refractivity contribution in [2.75, 3.05) is 32.6 Å². The summed E-state index contributed by atoms with van der Waals surface area (Å²) in [6.45, 7) is 5.17. The Morgan fingerprint density at radius 3 is 2.00 bits per heavy atom. The summed E-state index contributed by atoms with van der Waals surface area (Å²) in [6, 6.07) is 11.8. The highest BCUT2D eigenvalue weighted by atomic mass is 16.5. The average Bonchev–Trinajstić information content (AvgIpc) is 2.68. The minimum atomic E-state index is -0.265. The quantitative estimate of drug-likeness (QED) is 0.825. The van der Waals surface area contributed by atoms with Gasteiger partial charge in [0.25, 0.3) is 11.8 Å². The van der Waals surface area contributed by atoms with Crippen LogP contribution in [0.5, 0.6) is 11.5 Å². The van der Waals surface area contributed by atoms with Crippen molar-refractivity contribution in [3.63, 3.8) is 0 Å². The summed E-state index contributed by atoms with van der Waals surface area (Å²) in [6.07, 6.45) is 0. The molecular formula is C20H24N2O4. The summed E-state index contributed by atoms with van der Waals surface area (Å²) in [5.74, 6) is 0.816. The largest absolute Gasteiger partial charge is 0.493 e. The maximum Gasteiger partial charge on any atom is 0.255 e. The molecular weight excluding hydrogens is 332 g/mol. The summed E-state index contributed by atoms with van der Waals surface area (Å²) in [4.78, 5) is 26.5. The summed E-state index contributed by atoms with van der Waals surface area (Å²) < 4.78 is 10.4. The van der Waals surface area contributed by atoms with Crippen molar-refractivity contribution < 1.29 is 19.1 Å². The maximum atomic E-state index is 12.4. The average molecular weight is 356 g/mol. The topological polar surface area (TPSA) is 67.9 Å². The fourth-order valence-corrected chi connectivity index (χ4v) is 2.57. The lowest BCUT2D eigenvalue weighted by atomic mass is 10.1. The fourth-order valence-electron chi connectivity index (χ4n) is 2.57. The van der Waals surface area contributed by atoms with Crippen molar-refractivity contribution in [1.29, 1.82) is 0 Å². The molecule has 2 rings (SSSR count). The van der Waals surface area contributed by atoms with Gasteiger partial charge in [0.05, 0.1) is 14.2 Å². The van der Waals surface area contributed by atoms with Crippen LogP contribution >= 0.6 is 0 Å². The molecule has 2 aromatic rings. The second-order valence-electron chi connectivity index (χ2n) is 5.58. The Hall–Kier alpha value is -3.02. The molecule has 0 aliphatic heterocycles. The Bertz CT molecular complexity index is 768. The molecule has 2 aromatic carbocycles. The number of benzene rings is 2. The van der Waals surface area contributed by atoms with Gasteiger partial charge in [-0.3, -0.25) is 9.59 Å². The van der Waals surface area contributed by atoms with Crippen LogP contribution in [0.15, 0.2) is 42.5 Å². The third-order valence-electron chi connectivity index (χ3n) is 4.09. The van der Waals surface area contributed by atoms with E-state index in [1.54, 1.807) is 54.5 Å². The number of nitrogens with one attached hydrogen (secondary N) is 1. The van der Waals surface area contributed by atoms with Gasteiger partial charge in [-0.1, -0.05) is 0 Å². The molecule has 0 fully saturated rings. The van der Waals surface area contributed by atoms with E-state index in [9.17, 15) is 9.59 Å². The van der Waals surface area contributed by atoms with Gasteiger partial charge in [-0.2, -0.15) is 0 Å². The maximum absolute atomic E-state index is 12.4. The lowest BCUT2D eigenvalue weighted by Crippen LogP contribution is -2.30. The third kappa shape index (κ3) is 4.33. The molecule has 6 heteroatoms. The van der Waals surface area contributed by atoms with Crippen LogP contribution in [0.4, 0.5) is 5.69 Å². The van der Waals surface area contributed by atoms with Crippen molar-refractivity contribution >= 4 is 17.5 Å². The van der Waals surface area contributed by atoms with Crippen molar-refractivity contribution in [3.8, 4) is 11.5 Å².